The molecule has 19 heavy (non-hydrogen) atoms. The van der Waals surface area contributed by atoms with Crippen molar-refractivity contribution in [3.05, 3.63) is 35.9 Å². The van der Waals surface area contributed by atoms with Crippen LogP contribution in [0.15, 0.2) is 30.3 Å². The highest BCUT2D eigenvalue weighted by molar-refractivity contribution is 5.18. The molecule has 2 N–H and O–H groups in total. The molecule has 0 aromatic heterocycles. The fraction of sp³-hybridized carbons (Fsp3) is 0.647. The zero-order valence-corrected chi connectivity index (χ0v) is 12.2. The zero-order valence-electron chi connectivity index (χ0n) is 12.2. The van der Waals surface area contributed by atoms with E-state index in [4.69, 9.17) is 5.73 Å². The minimum absolute atomic E-state index is 0.182. The average molecular weight is 260 g/mol. The summed E-state index contributed by atoms with van der Waals surface area (Å²) in [6.07, 6.45) is 7.88. The van der Waals surface area contributed by atoms with Gasteiger partial charge in [-0.25, -0.2) is 0 Å². The molecular weight excluding hydrogens is 232 g/mol. The quantitative estimate of drug-likeness (QED) is 0.874. The van der Waals surface area contributed by atoms with E-state index in [0.29, 0.717) is 0 Å². The summed E-state index contributed by atoms with van der Waals surface area (Å²) in [6, 6.07) is 11.5. The maximum absolute atomic E-state index is 6.31. The molecular formula is C17H28N2. The van der Waals surface area contributed by atoms with Crippen LogP contribution in [0.25, 0.3) is 0 Å². The second-order valence-electron chi connectivity index (χ2n) is 5.75. The van der Waals surface area contributed by atoms with Crippen LogP contribution < -0.4 is 5.73 Å². The molecule has 2 rings (SSSR count). The Labute approximate surface area is 118 Å². The van der Waals surface area contributed by atoms with Crippen LogP contribution >= 0.6 is 0 Å². The van der Waals surface area contributed by atoms with Gasteiger partial charge in [-0.05, 0) is 37.8 Å². The molecule has 1 heterocycles. The lowest BCUT2D eigenvalue weighted by Crippen LogP contribution is -2.36. The molecule has 1 aliphatic heterocycles. The number of hydrogen-bond acceptors (Lipinski definition) is 2. The van der Waals surface area contributed by atoms with Crippen molar-refractivity contribution >= 4 is 0 Å². The molecule has 1 aliphatic rings. The van der Waals surface area contributed by atoms with Crippen molar-refractivity contribution in [1.29, 1.82) is 0 Å². The van der Waals surface area contributed by atoms with Gasteiger partial charge in [0.15, 0.2) is 0 Å². The van der Waals surface area contributed by atoms with Crippen LogP contribution in [0, 0.1) is 0 Å². The molecule has 0 saturated carbocycles. The Hall–Kier alpha value is -0.860. The van der Waals surface area contributed by atoms with Gasteiger partial charge in [0, 0.05) is 18.6 Å². The van der Waals surface area contributed by atoms with E-state index >= 15 is 0 Å². The molecule has 2 nitrogen and oxygen atoms in total. The Bertz CT molecular complexity index is 350. The summed E-state index contributed by atoms with van der Waals surface area (Å²) in [5.41, 5.74) is 7.58. The molecule has 2 unspecified atom stereocenters. The fourth-order valence-corrected chi connectivity index (χ4v) is 3.17. The lowest BCUT2D eigenvalue weighted by molar-refractivity contribution is 0.188. The number of hydrogen-bond donors (Lipinski definition) is 1. The van der Waals surface area contributed by atoms with Crippen molar-refractivity contribution in [2.75, 3.05) is 13.1 Å². The average Bonchev–Trinajstić information content (AvgIpc) is 2.70. The van der Waals surface area contributed by atoms with E-state index in [2.05, 4.69) is 42.2 Å². The molecule has 1 aromatic carbocycles. The van der Waals surface area contributed by atoms with Crippen LogP contribution in [0.1, 0.15) is 57.1 Å². The van der Waals surface area contributed by atoms with E-state index in [1.807, 2.05) is 0 Å². The number of likely N-dealkylation sites (tertiary alicyclic amines) is 1. The van der Waals surface area contributed by atoms with Crippen molar-refractivity contribution in [1.82, 2.24) is 4.90 Å². The van der Waals surface area contributed by atoms with Crippen LogP contribution in [0.5, 0.6) is 0 Å². The molecule has 106 valence electrons. The summed E-state index contributed by atoms with van der Waals surface area (Å²) in [4.78, 5) is 2.68. The second-order valence-corrected chi connectivity index (χ2v) is 5.75. The molecule has 0 spiro atoms. The van der Waals surface area contributed by atoms with Gasteiger partial charge in [-0.15, -0.1) is 0 Å². The van der Waals surface area contributed by atoms with Gasteiger partial charge < -0.3 is 10.6 Å². The van der Waals surface area contributed by atoms with Crippen molar-refractivity contribution in [3.63, 3.8) is 0 Å². The number of nitrogens with two attached hydrogens (primary N) is 1. The van der Waals surface area contributed by atoms with Crippen LogP contribution in [0.2, 0.25) is 0 Å². The Balaban J connectivity index is 1.86. The maximum Gasteiger partial charge on any atom is 0.0307 e. The van der Waals surface area contributed by atoms with Crippen molar-refractivity contribution in [2.45, 2.75) is 57.5 Å². The van der Waals surface area contributed by atoms with E-state index in [0.717, 1.165) is 19.0 Å². The lowest BCUT2D eigenvalue weighted by atomic mass is 10.0. The van der Waals surface area contributed by atoms with Crippen molar-refractivity contribution in [3.8, 4) is 0 Å². The van der Waals surface area contributed by atoms with Crippen LogP contribution in [-0.2, 0) is 0 Å². The van der Waals surface area contributed by atoms with Crippen LogP contribution in [-0.4, -0.2) is 24.0 Å². The maximum atomic E-state index is 6.31. The van der Waals surface area contributed by atoms with Crippen LogP contribution in [0.4, 0.5) is 0 Å². The second kappa shape index (κ2) is 7.66. The third-order valence-electron chi connectivity index (χ3n) is 4.43. The van der Waals surface area contributed by atoms with Gasteiger partial charge in [0.25, 0.3) is 0 Å². The number of nitrogens with zero attached hydrogens (tertiary/aromatic N) is 1. The molecule has 2 atom stereocenters. The van der Waals surface area contributed by atoms with Gasteiger partial charge >= 0.3 is 0 Å². The Morgan fingerprint density at radius 2 is 2.00 bits per heavy atom. The van der Waals surface area contributed by atoms with Gasteiger partial charge in [-0.3, -0.25) is 0 Å². The summed E-state index contributed by atoms with van der Waals surface area (Å²) >= 11 is 0. The van der Waals surface area contributed by atoms with E-state index in [9.17, 15) is 0 Å². The van der Waals surface area contributed by atoms with Gasteiger partial charge in [-0.1, -0.05) is 50.1 Å². The van der Waals surface area contributed by atoms with E-state index < -0.39 is 0 Å². The smallest absolute Gasteiger partial charge is 0.0307 e. The summed E-state index contributed by atoms with van der Waals surface area (Å²) in [6.45, 7) is 4.73. The molecule has 1 saturated heterocycles. The third kappa shape index (κ3) is 4.32. The van der Waals surface area contributed by atoms with Crippen LogP contribution in [0.3, 0.4) is 0 Å². The highest BCUT2D eigenvalue weighted by Crippen LogP contribution is 2.21. The molecule has 0 radical (unpaired) electrons. The molecule has 0 aliphatic carbocycles. The molecule has 1 aromatic rings. The van der Waals surface area contributed by atoms with E-state index in [-0.39, 0.29) is 6.04 Å². The fourth-order valence-electron chi connectivity index (χ4n) is 3.17. The molecule has 0 amide bonds. The summed E-state index contributed by atoms with van der Waals surface area (Å²) < 4.78 is 0. The SMILES string of the molecule is CCC1CCCCCN1CCC(N)c1ccccc1. The molecule has 0 bridgehead atoms. The standard InChI is InChI=1S/C17H28N2/c1-2-16-11-7-4-8-13-19(16)14-12-17(18)15-9-5-3-6-10-15/h3,5-6,9-10,16-17H,2,4,7-8,11-14,18H2,1H3. The van der Waals surface area contributed by atoms with E-state index in [1.165, 1.54) is 44.2 Å². The summed E-state index contributed by atoms with van der Waals surface area (Å²) in [5, 5.41) is 0. The molecule has 2 heteroatoms. The largest absolute Gasteiger partial charge is 0.324 e. The summed E-state index contributed by atoms with van der Waals surface area (Å²) in [7, 11) is 0. The monoisotopic (exact) mass is 260 g/mol. The topological polar surface area (TPSA) is 29.3 Å². The van der Waals surface area contributed by atoms with Gasteiger partial charge in [-0.2, -0.15) is 0 Å². The zero-order chi connectivity index (χ0) is 13.5. The highest BCUT2D eigenvalue weighted by Gasteiger charge is 2.19. The highest BCUT2D eigenvalue weighted by atomic mass is 15.2. The van der Waals surface area contributed by atoms with Crippen molar-refractivity contribution < 1.29 is 0 Å². The van der Waals surface area contributed by atoms with Crippen molar-refractivity contribution in [2.24, 2.45) is 5.73 Å². The van der Waals surface area contributed by atoms with Gasteiger partial charge in [0.1, 0.15) is 0 Å². The first-order valence-electron chi connectivity index (χ1n) is 7.86. The normalized spacial score (nSPS) is 22.9. The Morgan fingerprint density at radius 3 is 2.74 bits per heavy atom. The summed E-state index contributed by atoms with van der Waals surface area (Å²) in [5.74, 6) is 0. The minimum Gasteiger partial charge on any atom is -0.324 e. The van der Waals surface area contributed by atoms with Gasteiger partial charge in [0.05, 0.1) is 0 Å². The first-order chi connectivity index (χ1) is 9.31. The first-order valence-corrected chi connectivity index (χ1v) is 7.86. The first kappa shape index (κ1) is 14.5. The number of rotatable bonds is 5. The Morgan fingerprint density at radius 1 is 1.21 bits per heavy atom. The van der Waals surface area contributed by atoms with E-state index in [1.54, 1.807) is 0 Å². The minimum atomic E-state index is 0.182. The van der Waals surface area contributed by atoms with Gasteiger partial charge in [0.2, 0.25) is 0 Å². The number of benzene rings is 1. The molecule has 1 fully saturated rings. The predicted octanol–water partition coefficient (Wildman–Crippen LogP) is 3.73. The Kier molecular flexibility index (Phi) is 5.87. The third-order valence-corrected chi connectivity index (χ3v) is 4.43. The predicted molar refractivity (Wildman–Crippen MR) is 82.1 cm³/mol. The lowest BCUT2D eigenvalue weighted by Gasteiger charge is -2.30.